The van der Waals surface area contributed by atoms with E-state index in [1.165, 1.54) is 17.0 Å². The first kappa shape index (κ1) is 39.7. The quantitative estimate of drug-likeness (QED) is 0.149. The van der Waals surface area contributed by atoms with E-state index in [9.17, 15) is 32.4 Å². The van der Waals surface area contributed by atoms with Crippen LogP contribution in [0, 0.1) is 28.6 Å². The van der Waals surface area contributed by atoms with Crippen molar-refractivity contribution in [2.24, 2.45) is 28.6 Å². The Bertz CT molecular complexity index is 1530. The molecule has 3 aliphatic rings. The minimum Gasteiger partial charge on any atom is -0.346 e. The number of fused-ring (bicyclic) bond motifs is 1. The maximum atomic E-state index is 14.6. The third kappa shape index (κ3) is 8.85. The number of carbonyl (C=O) groups excluding carboxylic acids is 5. The fraction of sp³-hybridized carbons (Fsp3) is 0.694. The van der Waals surface area contributed by atoms with Crippen LogP contribution in [0.15, 0.2) is 34.4 Å². The molecule has 2 heterocycles. The number of hydrogen-bond acceptors (Lipinski definition) is 8. The fourth-order valence-corrected chi connectivity index (χ4v) is 9.95. The molecule has 0 aromatic carbocycles. The highest BCUT2D eigenvalue weighted by Crippen LogP contribution is 2.65. The molecule has 4 amide bonds. The summed E-state index contributed by atoms with van der Waals surface area (Å²) < 4.78 is 29.4. The molecule has 6 atom stereocenters. The van der Waals surface area contributed by atoms with E-state index in [1.54, 1.807) is 11.4 Å². The molecule has 0 bridgehead atoms. The number of thiophene rings is 1. The normalized spacial score (nSPS) is 23.6. The number of Topliss-reactive ketones (excluding diaryl/α,β-unsaturated/α-hetero) is 1. The second kappa shape index (κ2) is 16.1. The van der Waals surface area contributed by atoms with Crippen LogP contribution < -0.4 is 20.7 Å². The number of rotatable bonds is 16. The highest BCUT2D eigenvalue weighted by atomic mass is 32.2. The number of piperidine rings is 1. The van der Waals surface area contributed by atoms with Crippen LogP contribution >= 0.6 is 11.3 Å². The molecule has 2 saturated carbocycles. The Balaban J connectivity index is 1.59. The number of amides is 4. The summed E-state index contributed by atoms with van der Waals surface area (Å²) in [4.78, 5) is 70.0. The maximum Gasteiger partial charge on any atom is 0.289 e. The van der Waals surface area contributed by atoms with Crippen LogP contribution in [-0.4, -0.2) is 80.0 Å². The Morgan fingerprint density at radius 1 is 1.10 bits per heavy atom. The van der Waals surface area contributed by atoms with Crippen molar-refractivity contribution in [1.82, 2.24) is 25.6 Å². The van der Waals surface area contributed by atoms with Gasteiger partial charge in [0, 0.05) is 13.1 Å². The summed E-state index contributed by atoms with van der Waals surface area (Å²) >= 11 is 1.06. The lowest BCUT2D eigenvalue weighted by Crippen LogP contribution is -2.62. The highest BCUT2D eigenvalue weighted by molar-refractivity contribution is 7.91. The van der Waals surface area contributed by atoms with Crippen LogP contribution in [0.5, 0.6) is 0 Å². The Kier molecular flexibility index (Phi) is 12.7. The van der Waals surface area contributed by atoms with Crippen LogP contribution in [0.1, 0.15) is 92.9 Å². The average molecular weight is 734 g/mol. The summed E-state index contributed by atoms with van der Waals surface area (Å²) in [6.07, 6.45) is 7.19. The monoisotopic (exact) mass is 733 g/mol. The number of ketones is 1. The van der Waals surface area contributed by atoms with E-state index in [1.807, 2.05) is 41.5 Å². The molecule has 0 spiro atoms. The molecule has 1 unspecified atom stereocenters. The highest BCUT2D eigenvalue weighted by Gasteiger charge is 2.70. The predicted octanol–water partition coefficient (Wildman–Crippen LogP) is 3.54. The summed E-state index contributed by atoms with van der Waals surface area (Å²) in [7, 11) is -3.99. The first-order valence-corrected chi connectivity index (χ1v) is 20.2. The van der Waals surface area contributed by atoms with Crippen molar-refractivity contribution in [2.45, 2.75) is 121 Å². The zero-order chi connectivity index (χ0) is 37.0. The van der Waals surface area contributed by atoms with Gasteiger partial charge in [-0.3, -0.25) is 24.0 Å². The summed E-state index contributed by atoms with van der Waals surface area (Å²) in [5.74, 6) is -3.48. The Labute approximate surface area is 301 Å². The van der Waals surface area contributed by atoms with Gasteiger partial charge in [0.1, 0.15) is 22.3 Å². The van der Waals surface area contributed by atoms with Gasteiger partial charge in [-0.15, -0.1) is 17.9 Å². The van der Waals surface area contributed by atoms with Crippen LogP contribution in [-0.2, 0) is 34.0 Å². The topological polar surface area (TPSA) is 171 Å². The molecular weight excluding hydrogens is 679 g/mol. The van der Waals surface area contributed by atoms with Gasteiger partial charge in [-0.05, 0) is 59.3 Å². The van der Waals surface area contributed by atoms with E-state index in [2.05, 4.69) is 27.3 Å². The van der Waals surface area contributed by atoms with Crippen molar-refractivity contribution >= 4 is 50.8 Å². The largest absolute Gasteiger partial charge is 0.346 e. The van der Waals surface area contributed by atoms with Crippen molar-refractivity contribution in [3.63, 3.8) is 0 Å². The van der Waals surface area contributed by atoms with Crippen molar-refractivity contribution < 1.29 is 32.4 Å². The van der Waals surface area contributed by atoms with Crippen LogP contribution in [0.3, 0.4) is 0 Å². The van der Waals surface area contributed by atoms with E-state index in [0.717, 1.165) is 37.0 Å². The molecule has 0 radical (unpaired) electrons. The maximum absolute atomic E-state index is 14.6. The van der Waals surface area contributed by atoms with Crippen LogP contribution in [0.4, 0.5) is 0 Å². The Morgan fingerprint density at radius 2 is 1.78 bits per heavy atom. The number of nitrogens with zero attached hydrogens (tertiary/aromatic N) is 1. The smallest absolute Gasteiger partial charge is 0.289 e. The summed E-state index contributed by atoms with van der Waals surface area (Å²) in [6, 6.07) is -1.01. The van der Waals surface area contributed by atoms with E-state index in [0.29, 0.717) is 25.8 Å². The first-order valence-electron chi connectivity index (χ1n) is 17.9. The molecule has 1 aromatic rings. The molecule has 4 N–H and O–H groups in total. The van der Waals surface area contributed by atoms with Gasteiger partial charge < -0.3 is 20.9 Å². The molecule has 14 heteroatoms. The molecular formula is C36H55N5O7S2. The van der Waals surface area contributed by atoms with Gasteiger partial charge in [0.2, 0.25) is 23.5 Å². The van der Waals surface area contributed by atoms with Gasteiger partial charge in [-0.25, -0.2) is 8.42 Å². The predicted molar refractivity (Wildman–Crippen MR) is 192 cm³/mol. The van der Waals surface area contributed by atoms with Gasteiger partial charge in [0.25, 0.3) is 15.9 Å². The van der Waals surface area contributed by atoms with Crippen LogP contribution in [0.2, 0.25) is 0 Å². The van der Waals surface area contributed by atoms with Crippen molar-refractivity contribution in [1.29, 1.82) is 0 Å². The lowest BCUT2D eigenvalue weighted by molar-refractivity contribution is -0.147. The van der Waals surface area contributed by atoms with E-state index in [-0.39, 0.29) is 40.3 Å². The van der Waals surface area contributed by atoms with Crippen LogP contribution in [0.25, 0.3) is 0 Å². The molecule has 1 aliphatic heterocycles. The zero-order valence-electron chi connectivity index (χ0n) is 30.3. The minimum absolute atomic E-state index is 0.0341. The lowest BCUT2D eigenvalue weighted by Gasteiger charge is -2.39. The number of likely N-dealkylation sites (tertiary alicyclic amines) is 1. The lowest BCUT2D eigenvalue weighted by atomic mass is 9.82. The van der Waals surface area contributed by atoms with Gasteiger partial charge in [-0.1, -0.05) is 85.8 Å². The number of sulfonamides is 1. The SMILES string of the molecule is C=CCNC(=O)C(=O)C(CCCC)NC(=O)[C@@H]1[C@@H]2[C@H](CN1C(=O)[C@@H](NC(=O)[C@@H](NS(=O)(=O)c1cccs1)C1CCCCC1)C(C)(C)C)C2(C)C. The number of nitrogens with one attached hydrogen (secondary N) is 4. The van der Waals surface area contributed by atoms with Crippen molar-refractivity contribution in [2.75, 3.05) is 13.1 Å². The van der Waals surface area contributed by atoms with E-state index in [4.69, 9.17) is 0 Å². The van der Waals surface area contributed by atoms with Gasteiger partial charge in [0.15, 0.2) is 0 Å². The first-order chi connectivity index (χ1) is 23.4. The summed E-state index contributed by atoms with van der Waals surface area (Å²) in [5.41, 5.74) is -1.03. The standard InChI is InChI=1S/C36H55N5O7S2/c1-8-10-17-24(29(42)33(45)37-19-9-2)38-32(44)28-26-23(36(26,6)7)21-41(28)34(46)30(35(3,4)5)39-31(43)27(22-15-12-11-13-16-22)40-50(47,48)25-18-14-20-49-25/h9,14,18,20,22-24,26-28,30,40H,2,8,10-13,15-17,19,21H2,1,3-7H3,(H,37,45)(H,38,44)(H,39,43)/t23-,24?,26-,27-,28-,30+/m0/s1. The fourth-order valence-electron chi connectivity index (χ4n) is 7.68. The second-order valence-corrected chi connectivity index (χ2v) is 18.6. The molecule has 1 aromatic heterocycles. The Morgan fingerprint density at radius 3 is 2.36 bits per heavy atom. The summed E-state index contributed by atoms with van der Waals surface area (Å²) in [6.45, 7) is 15.5. The average Bonchev–Trinajstić information content (AvgIpc) is 3.53. The van der Waals surface area contributed by atoms with Crippen molar-refractivity contribution in [3.8, 4) is 0 Å². The number of carbonyl (C=O) groups is 5. The number of unbranched alkanes of at least 4 members (excludes halogenated alkanes) is 1. The molecule has 2 aliphatic carbocycles. The molecule has 12 nitrogen and oxygen atoms in total. The van der Waals surface area contributed by atoms with Gasteiger partial charge >= 0.3 is 0 Å². The van der Waals surface area contributed by atoms with Gasteiger partial charge in [0.05, 0.1) is 6.04 Å². The molecule has 278 valence electrons. The van der Waals surface area contributed by atoms with Gasteiger partial charge in [-0.2, -0.15) is 4.72 Å². The summed E-state index contributed by atoms with van der Waals surface area (Å²) in [5, 5.41) is 9.89. The van der Waals surface area contributed by atoms with Crippen molar-refractivity contribution in [3.05, 3.63) is 30.2 Å². The Hall–Kier alpha value is -3.10. The zero-order valence-corrected chi connectivity index (χ0v) is 31.9. The molecule has 50 heavy (non-hydrogen) atoms. The second-order valence-electron chi connectivity index (χ2n) is 15.7. The molecule has 4 rings (SSSR count). The van der Waals surface area contributed by atoms with E-state index < -0.39 is 69.0 Å². The molecule has 1 saturated heterocycles. The third-order valence-electron chi connectivity index (χ3n) is 10.7. The minimum atomic E-state index is -3.99. The van der Waals surface area contributed by atoms with E-state index >= 15 is 0 Å². The molecule has 3 fully saturated rings. The third-order valence-corrected chi connectivity index (χ3v) is 13.6. The number of hydrogen-bond donors (Lipinski definition) is 4.